The number of amides is 1. The average molecular weight is 384 g/mol. The Labute approximate surface area is 152 Å². The molecule has 1 fully saturated rings. The Morgan fingerprint density at radius 3 is 2.56 bits per heavy atom. The molecule has 0 spiro atoms. The van der Waals surface area contributed by atoms with Gasteiger partial charge in [0.15, 0.2) is 0 Å². The third-order valence-electron chi connectivity index (χ3n) is 4.84. The van der Waals surface area contributed by atoms with Crippen LogP contribution in [0, 0.1) is 11.8 Å². The molecule has 27 heavy (non-hydrogen) atoms. The van der Waals surface area contributed by atoms with Crippen molar-refractivity contribution in [1.29, 1.82) is 0 Å². The molecule has 4 N–H and O–H groups in total. The molecule has 1 saturated carbocycles. The van der Waals surface area contributed by atoms with Crippen molar-refractivity contribution in [2.75, 3.05) is 11.9 Å². The van der Waals surface area contributed by atoms with Crippen molar-refractivity contribution in [3.63, 3.8) is 0 Å². The molecule has 1 aliphatic carbocycles. The smallest absolute Gasteiger partial charge is 0.388 e. The fourth-order valence-electron chi connectivity index (χ4n) is 3.33. The van der Waals surface area contributed by atoms with E-state index >= 15 is 0 Å². The van der Waals surface area contributed by atoms with Gasteiger partial charge in [-0.25, -0.2) is 9.89 Å². The molecule has 1 amide bonds. The van der Waals surface area contributed by atoms with Gasteiger partial charge in [0.1, 0.15) is 0 Å². The van der Waals surface area contributed by atoms with Crippen LogP contribution in [0.1, 0.15) is 31.2 Å². The van der Waals surface area contributed by atoms with Crippen LogP contribution >= 0.6 is 0 Å². The van der Waals surface area contributed by atoms with Gasteiger partial charge < -0.3 is 15.5 Å². The van der Waals surface area contributed by atoms with Crippen LogP contribution in [0.5, 0.6) is 0 Å². The summed E-state index contributed by atoms with van der Waals surface area (Å²) in [4.78, 5) is 22.3. The molecule has 0 saturated heterocycles. The monoisotopic (exact) mass is 384 g/mol. The molecule has 146 valence electrons. The zero-order valence-corrected chi connectivity index (χ0v) is 14.3. The number of alkyl halides is 3. The molecule has 10 heteroatoms. The van der Waals surface area contributed by atoms with Crippen LogP contribution in [0.2, 0.25) is 0 Å². The Balaban J connectivity index is 1.76. The van der Waals surface area contributed by atoms with E-state index in [1.54, 1.807) is 0 Å². The molecule has 1 heterocycles. The molecule has 0 bridgehead atoms. The lowest BCUT2D eigenvalue weighted by Crippen LogP contribution is -2.29. The highest BCUT2D eigenvalue weighted by atomic mass is 19.4. The third-order valence-corrected chi connectivity index (χ3v) is 4.84. The second-order valence-electron chi connectivity index (χ2n) is 6.68. The maximum Gasteiger partial charge on any atom is 0.434 e. The Morgan fingerprint density at radius 2 is 2.00 bits per heavy atom. The number of nitrogens with two attached hydrogens (primary N) is 1. The van der Waals surface area contributed by atoms with E-state index in [1.165, 1.54) is 12.1 Å². The summed E-state index contributed by atoms with van der Waals surface area (Å²) in [5, 5.41) is 8.57. The molecule has 1 aliphatic rings. The first-order valence-corrected chi connectivity index (χ1v) is 8.54. The van der Waals surface area contributed by atoms with Crippen LogP contribution in [0.15, 0.2) is 27.4 Å². The van der Waals surface area contributed by atoms with Crippen LogP contribution in [0.4, 0.5) is 18.9 Å². The van der Waals surface area contributed by atoms with Gasteiger partial charge in [-0.1, -0.05) is 0 Å². The van der Waals surface area contributed by atoms with Crippen molar-refractivity contribution < 1.29 is 22.4 Å². The number of hydrogen-bond donors (Lipinski definition) is 3. The first-order valence-electron chi connectivity index (χ1n) is 8.54. The number of primary amides is 1. The minimum absolute atomic E-state index is 0.0845. The highest BCUT2D eigenvalue weighted by Gasteiger charge is 2.34. The number of rotatable bonds is 5. The van der Waals surface area contributed by atoms with Gasteiger partial charge in [-0.05, 0) is 49.8 Å². The number of carbonyl (C=O) groups is 1. The summed E-state index contributed by atoms with van der Waals surface area (Å²) in [6.45, 7) is 0.336. The molecular formula is C17H19F3N4O3. The molecular weight excluding hydrogens is 365 g/mol. The normalized spacial score (nSPS) is 20.4. The number of hydrogen-bond acceptors (Lipinski definition) is 5. The molecule has 0 radical (unpaired) electrons. The molecule has 3 rings (SSSR count). The van der Waals surface area contributed by atoms with Crippen molar-refractivity contribution in [3.05, 3.63) is 34.3 Å². The lowest BCUT2D eigenvalue weighted by molar-refractivity contribution is -0.137. The van der Waals surface area contributed by atoms with E-state index in [4.69, 9.17) is 10.2 Å². The number of H-pyrrole nitrogens is 1. The molecule has 0 unspecified atom stereocenters. The number of nitrogens with one attached hydrogen (secondary N) is 2. The van der Waals surface area contributed by atoms with E-state index in [-0.39, 0.29) is 34.9 Å². The van der Waals surface area contributed by atoms with Crippen LogP contribution in [0.25, 0.3) is 11.5 Å². The number of aromatic amines is 1. The SMILES string of the molecule is NC(=O)[C@H]1CC[C@H](CNc2cc(-c3n[nH]c(=O)o3)ccc2C(F)(F)F)CC1. The Hall–Kier alpha value is -2.78. The Bertz CT molecular complexity index is 867. The van der Waals surface area contributed by atoms with Crippen LogP contribution in [-0.4, -0.2) is 22.6 Å². The predicted octanol–water partition coefficient (Wildman–Crippen LogP) is 2.75. The summed E-state index contributed by atoms with van der Waals surface area (Å²) in [7, 11) is 0. The minimum Gasteiger partial charge on any atom is -0.388 e. The molecule has 2 aromatic rings. The predicted molar refractivity (Wildman–Crippen MR) is 90.7 cm³/mol. The summed E-state index contributed by atoms with van der Waals surface area (Å²) in [6.07, 6.45) is -1.80. The summed E-state index contributed by atoms with van der Waals surface area (Å²) < 4.78 is 44.7. The summed E-state index contributed by atoms with van der Waals surface area (Å²) in [5.41, 5.74) is 4.63. The highest BCUT2D eigenvalue weighted by Crippen LogP contribution is 2.37. The molecule has 1 aromatic carbocycles. The lowest BCUT2D eigenvalue weighted by Gasteiger charge is -2.27. The number of nitrogens with zero attached hydrogens (tertiary/aromatic N) is 1. The van der Waals surface area contributed by atoms with Gasteiger partial charge in [-0.2, -0.15) is 13.2 Å². The topological polar surface area (TPSA) is 114 Å². The highest BCUT2D eigenvalue weighted by molar-refractivity contribution is 5.76. The third kappa shape index (κ3) is 4.50. The molecule has 7 nitrogen and oxygen atoms in total. The van der Waals surface area contributed by atoms with Crippen molar-refractivity contribution in [2.24, 2.45) is 17.6 Å². The van der Waals surface area contributed by atoms with Gasteiger partial charge in [0.2, 0.25) is 11.8 Å². The van der Waals surface area contributed by atoms with E-state index in [2.05, 4.69) is 15.5 Å². The largest absolute Gasteiger partial charge is 0.434 e. The van der Waals surface area contributed by atoms with Crippen molar-refractivity contribution >= 4 is 11.6 Å². The minimum atomic E-state index is -4.53. The van der Waals surface area contributed by atoms with Gasteiger partial charge in [-0.15, -0.1) is 5.10 Å². The Morgan fingerprint density at radius 1 is 1.30 bits per heavy atom. The van der Waals surface area contributed by atoms with E-state index < -0.39 is 17.5 Å². The van der Waals surface area contributed by atoms with Crippen molar-refractivity contribution in [3.8, 4) is 11.5 Å². The number of carbonyl (C=O) groups excluding carboxylic acids is 1. The number of halogens is 3. The van der Waals surface area contributed by atoms with Gasteiger partial charge in [-0.3, -0.25) is 4.79 Å². The second kappa shape index (κ2) is 7.45. The summed E-state index contributed by atoms with van der Waals surface area (Å²) in [5.74, 6) is -1.20. The fourth-order valence-corrected chi connectivity index (χ4v) is 3.33. The first kappa shape index (κ1) is 19.0. The van der Waals surface area contributed by atoms with E-state index in [0.29, 0.717) is 19.4 Å². The molecule has 0 atom stereocenters. The van der Waals surface area contributed by atoms with Crippen LogP contribution in [0.3, 0.4) is 0 Å². The van der Waals surface area contributed by atoms with E-state index in [0.717, 1.165) is 18.9 Å². The van der Waals surface area contributed by atoms with Gasteiger partial charge in [0, 0.05) is 23.7 Å². The Kier molecular flexibility index (Phi) is 5.24. The van der Waals surface area contributed by atoms with Gasteiger partial charge >= 0.3 is 11.9 Å². The van der Waals surface area contributed by atoms with Crippen LogP contribution < -0.4 is 16.8 Å². The lowest BCUT2D eigenvalue weighted by atomic mass is 9.81. The van der Waals surface area contributed by atoms with Gasteiger partial charge in [0.25, 0.3) is 0 Å². The number of anilines is 1. The number of benzene rings is 1. The average Bonchev–Trinajstić information content (AvgIpc) is 3.05. The van der Waals surface area contributed by atoms with Gasteiger partial charge in [0.05, 0.1) is 5.56 Å². The number of aromatic nitrogens is 2. The summed E-state index contributed by atoms with van der Waals surface area (Å²) in [6, 6.07) is 3.39. The van der Waals surface area contributed by atoms with E-state index in [1.807, 2.05) is 0 Å². The molecule has 0 aliphatic heterocycles. The maximum atomic E-state index is 13.3. The summed E-state index contributed by atoms with van der Waals surface area (Å²) >= 11 is 0. The zero-order chi connectivity index (χ0) is 19.6. The van der Waals surface area contributed by atoms with Crippen LogP contribution in [-0.2, 0) is 11.0 Å². The molecule has 1 aromatic heterocycles. The zero-order valence-electron chi connectivity index (χ0n) is 14.3. The first-order chi connectivity index (χ1) is 12.7. The van der Waals surface area contributed by atoms with Crippen molar-refractivity contribution in [2.45, 2.75) is 31.9 Å². The van der Waals surface area contributed by atoms with Crippen molar-refractivity contribution in [1.82, 2.24) is 10.2 Å². The fraction of sp³-hybridized carbons (Fsp3) is 0.471. The standard InChI is InChI=1S/C17H19F3N4O3/c18-17(19,20)12-6-5-11(15-23-24-16(26)27-15)7-13(12)22-8-9-1-3-10(4-2-9)14(21)25/h5-7,9-10,22H,1-4,8H2,(H2,21,25)(H,24,26)/t9-,10-. The second-order valence-corrected chi connectivity index (χ2v) is 6.68. The quantitative estimate of drug-likeness (QED) is 0.733. The van der Waals surface area contributed by atoms with E-state index in [9.17, 15) is 22.8 Å². The maximum absolute atomic E-state index is 13.3.